The summed E-state index contributed by atoms with van der Waals surface area (Å²) in [7, 11) is 1.69. The van der Waals surface area contributed by atoms with E-state index < -0.39 is 5.97 Å². The molecule has 1 aromatic rings. The molecule has 1 aromatic carbocycles. The van der Waals surface area contributed by atoms with Crippen molar-refractivity contribution in [3.8, 4) is 0 Å². The number of nitrogens with one attached hydrogen (secondary N) is 1. The van der Waals surface area contributed by atoms with Gasteiger partial charge in [-0.15, -0.1) is 0 Å². The third-order valence-corrected chi connectivity index (χ3v) is 3.15. The average molecular weight is 265 g/mol. The van der Waals surface area contributed by atoms with E-state index >= 15 is 0 Å². The van der Waals surface area contributed by atoms with E-state index in [-0.39, 0.29) is 5.41 Å². The van der Waals surface area contributed by atoms with Crippen molar-refractivity contribution >= 4 is 11.7 Å². The van der Waals surface area contributed by atoms with Crippen molar-refractivity contribution in [3.63, 3.8) is 0 Å². The van der Waals surface area contributed by atoms with Gasteiger partial charge in [0.25, 0.3) is 0 Å². The van der Waals surface area contributed by atoms with Gasteiger partial charge in [-0.25, -0.2) is 4.79 Å². The van der Waals surface area contributed by atoms with Crippen LogP contribution in [-0.4, -0.2) is 31.3 Å². The number of carboxylic acids is 1. The number of aryl methyl sites for hydroxylation is 1. The summed E-state index contributed by atoms with van der Waals surface area (Å²) < 4.78 is 5.09. The third kappa shape index (κ3) is 4.91. The lowest BCUT2D eigenvalue weighted by Crippen LogP contribution is -2.25. The fraction of sp³-hybridized carbons (Fsp3) is 0.533. The summed E-state index contributed by atoms with van der Waals surface area (Å²) in [4.78, 5) is 11.2. The van der Waals surface area contributed by atoms with E-state index in [1.807, 2.05) is 19.1 Å². The molecule has 0 unspecified atom stereocenters. The number of rotatable bonds is 7. The molecule has 0 aromatic heterocycles. The third-order valence-electron chi connectivity index (χ3n) is 3.15. The highest BCUT2D eigenvalue weighted by Crippen LogP contribution is 2.23. The van der Waals surface area contributed by atoms with Crippen molar-refractivity contribution in [2.45, 2.75) is 27.2 Å². The van der Waals surface area contributed by atoms with Gasteiger partial charge in [0.05, 0.1) is 5.56 Å². The van der Waals surface area contributed by atoms with Crippen LogP contribution in [0, 0.1) is 12.3 Å². The molecule has 0 saturated heterocycles. The van der Waals surface area contributed by atoms with Crippen molar-refractivity contribution in [1.29, 1.82) is 0 Å². The van der Waals surface area contributed by atoms with E-state index in [2.05, 4.69) is 19.2 Å². The lowest BCUT2D eigenvalue weighted by Gasteiger charge is -2.25. The maximum atomic E-state index is 11.2. The molecule has 0 saturated carbocycles. The number of hydrogen-bond acceptors (Lipinski definition) is 3. The molecule has 106 valence electrons. The van der Waals surface area contributed by atoms with E-state index in [0.29, 0.717) is 24.4 Å². The molecule has 0 atom stereocenters. The maximum Gasteiger partial charge on any atom is 0.337 e. The SMILES string of the molecule is COCCC(C)(C)CNc1ccc(C)cc1C(=O)O. The molecule has 1 rings (SSSR count). The average Bonchev–Trinajstić information content (AvgIpc) is 2.35. The zero-order valence-electron chi connectivity index (χ0n) is 12.1. The Morgan fingerprint density at radius 1 is 1.42 bits per heavy atom. The van der Waals surface area contributed by atoms with Gasteiger partial charge in [-0.3, -0.25) is 0 Å². The monoisotopic (exact) mass is 265 g/mol. The van der Waals surface area contributed by atoms with Crippen molar-refractivity contribution in [2.24, 2.45) is 5.41 Å². The van der Waals surface area contributed by atoms with E-state index in [0.717, 1.165) is 12.0 Å². The summed E-state index contributed by atoms with van der Waals surface area (Å²) >= 11 is 0. The molecule has 4 nitrogen and oxygen atoms in total. The number of carboxylic acid groups (broad SMARTS) is 1. The summed E-state index contributed by atoms with van der Waals surface area (Å²) in [6.45, 7) is 7.56. The lowest BCUT2D eigenvalue weighted by molar-refractivity contribution is 0.0697. The van der Waals surface area contributed by atoms with E-state index in [9.17, 15) is 9.90 Å². The number of ether oxygens (including phenoxy) is 1. The molecular formula is C15H23NO3. The molecule has 0 bridgehead atoms. The molecule has 0 spiro atoms. The highest BCUT2D eigenvalue weighted by molar-refractivity contribution is 5.94. The van der Waals surface area contributed by atoms with Gasteiger partial charge in [0.1, 0.15) is 0 Å². The van der Waals surface area contributed by atoms with Gasteiger partial charge in [-0.05, 0) is 30.9 Å². The van der Waals surface area contributed by atoms with Crippen LogP contribution in [-0.2, 0) is 4.74 Å². The fourth-order valence-corrected chi connectivity index (χ4v) is 1.79. The van der Waals surface area contributed by atoms with Gasteiger partial charge in [0.15, 0.2) is 0 Å². The van der Waals surface area contributed by atoms with Crippen LogP contribution in [0.4, 0.5) is 5.69 Å². The molecular weight excluding hydrogens is 242 g/mol. The zero-order chi connectivity index (χ0) is 14.5. The van der Waals surface area contributed by atoms with Gasteiger partial charge in [-0.2, -0.15) is 0 Å². The first kappa shape index (κ1) is 15.5. The molecule has 0 aliphatic carbocycles. The Kier molecular flexibility index (Phi) is 5.36. The Morgan fingerprint density at radius 2 is 2.11 bits per heavy atom. The van der Waals surface area contributed by atoms with Crippen LogP contribution in [0.1, 0.15) is 36.2 Å². The largest absolute Gasteiger partial charge is 0.478 e. The molecule has 19 heavy (non-hydrogen) atoms. The van der Waals surface area contributed by atoms with Crippen molar-refractivity contribution in [1.82, 2.24) is 0 Å². The maximum absolute atomic E-state index is 11.2. The van der Waals surface area contributed by atoms with Crippen LogP contribution >= 0.6 is 0 Å². The molecule has 4 heteroatoms. The number of benzene rings is 1. The minimum Gasteiger partial charge on any atom is -0.478 e. The predicted molar refractivity (Wildman–Crippen MR) is 76.9 cm³/mol. The molecule has 0 fully saturated rings. The first-order valence-electron chi connectivity index (χ1n) is 6.42. The number of anilines is 1. The summed E-state index contributed by atoms with van der Waals surface area (Å²) in [6, 6.07) is 5.43. The van der Waals surface area contributed by atoms with Crippen LogP contribution in [0.5, 0.6) is 0 Å². The first-order valence-corrected chi connectivity index (χ1v) is 6.42. The van der Waals surface area contributed by atoms with Gasteiger partial charge in [0.2, 0.25) is 0 Å². The second kappa shape index (κ2) is 6.57. The number of aromatic carboxylic acids is 1. The van der Waals surface area contributed by atoms with Crippen LogP contribution < -0.4 is 5.32 Å². The van der Waals surface area contributed by atoms with Crippen molar-refractivity contribution in [3.05, 3.63) is 29.3 Å². The molecule has 0 aliphatic heterocycles. The van der Waals surface area contributed by atoms with E-state index in [1.54, 1.807) is 13.2 Å². The zero-order valence-corrected chi connectivity index (χ0v) is 12.1. The van der Waals surface area contributed by atoms with Crippen LogP contribution in [0.3, 0.4) is 0 Å². The Balaban J connectivity index is 2.75. The van der Waals surface area contributed by atoms with Crippen molar-refractivity contribution in [2.75, 3.05) is 25.6 Å². The Hall–Kier alpha value is -1.55. The Morgan fingerprint density at radius 3 is 2.68 bits per heavy atom. The standard InChI is InChI=1S/C15H23NO3/c1-11-5-6-13(12(9-11)14(17)18)16-10-15(2,3)7-8-19-4/h5-6,9,16H,7-8,10H2,1-4H3,(H,17,18). The minimum absolute atomic E-state index is 0.0523. The van der Waals surface area contributed by atoms with Gasteiger partial charge >= 0.3 is 5.97 Å². The lowest BCUT2D eigenvalue weighted by atomic mass is 9.89. The summed E-state index contributed by atoms with van der Waals surface area (Å²) in [5.41, 5.74) is 1.99. The molecule has 0 amide bonds. The summed E-state index contributed by atoms with van der Waals surface area (Å²) in [6.07, 6.45) is 0.921. The van der Waals surface area contributed by atoms with Gasteiger partial charge < -0.3 is 15.2 Å². The number of hydrogen-bond donors (Lipinski definition) is 2. The summed E-state index contributed by atoms with van der Waals surface area (Å²) in [5, 5.41) is 12.4. The smallest absolute Gasteiger partial charge is 0.337 e. The molecule has 0 aliphatic rings. The number of carbonyl (C=O) groups is 1. The highest BCUT2D eigenvalue weighted by Gasteiger charge is 2.18. The van der Waals surface area contributed by atoms with Crippen molar-refractivity contribution < 1.29 is 14.6 Å². The minimum atomic E-state index is -0.902. The highest BCUT2D eigenvalue weighted by atomic mass is 16.5. The Labute approximate surface area is 114 Å². The fourth-order valence-electron chi connectivity index (χ4n) is 1.79. The first-order chi connectivity index (χ1) is 8.85. The predicted octanol–water partition coefficient (Wildman–Crippen LogP) is 3.17. The van der Waals surface area contributed by atoms with Crippen LogP contribution in [0.15, 0.2) is 18.2 Å². The van der Waals surface area contributed by atoms with Crippen LogP contribution in [0.25, 0.3) is 0 Å². The van der Waals surface area contributed by atoms with E-state index in [4.69, 9.17) is 4.74 Å². The van der Waals surface area contributed by atoms with Gasteiger partial charge in [-0.1, -0.05) is 25.5 Å². The quantitative estimate of drug-likeness (QED) is 0.795. The number of methoxy groups -OCH3 is 1. The summed E-state index contributed by atoms with van der Waals surface area (Å²) in [5.74, 6) is -0.902. The van der Waals surface area contributed by atoms with Gasteiger partial charge in [0, 0.05) is 25.9 Å². The van der Waals surface area contributed by atoms with Crippen LogP contribution in [0.2, 0.25) is 0 Å². The topological polar surface area (TPSA) is 58.6 Å². The molecule has 0 heterocycles. The Bertz CT molecular complexity index is 441. The second-order valence-corrected chi connectivity index (χ2v) is 5.61. The normalized spacial score (nSPS) is 11.4. The molecule has 0 radical (unpaired) electrons. The second-order valence-electron chi connectivity index (χ2n) is 5.61. The van der Waals surface area contributed by atoms with E-state index in [1.165, 1.54) is 0 Å². The molecule has 2 N–H and O–H groups in total.